The maximum absolute atomic E-state index is 10.2. The van der Waals surface area contributed by atoms with Gasteiger partial charge in [0.1, 0.15) is 6.26 Å². The zero-order valence-corrected chi connectivity index (χ0v) is 7.92. The van der Waals surface area contributed by atoms with Gasteiger partial charge in [0.05, 0.1) is 6.20 Å². The van der Waals surface area contributed by atoms with Crippen LogP contribution in [0.3, 0.4) is 0 Å². The summed E-state index contributed by atoms with van der Waals surface area (Å²) in [5, 5.41) is 9.01. The van der Waals surface area contributed by atoms with Gasteiger partial charge in [0.2, 0.25) is 0 Å². The zero-order valence-electron chi connectivity index (χ0n) is 7.10. The van der Waals surface area contributed by atoms with E-state index in [1.165, 1.54) is 18.0 Å². The number of aromatic nitrogens is 1. The maximum Gasteiger partial charge on any atom is 0.303 e. The van der Waals surface area contributed by atoms with Gasteiger partial charge in [-0.2, -0.15) is 0 Å². The normalized spacial score (nSPS) is 10.2. The first-order valence-corrected chi connectivity index (χ1v) is 5.01. The van der Waals surface area contributed by atoms with E-state index in [0.717, 1.165) is 12.2 Å². The summed E-state index contributed by atoms with van der Waals surface area (Å²) in [6.07, 6.45) is 4.95. The highest BCUT2D eigenvalue weighted by Crippen LogP contribution is 2.16. The third kappa shape index (κ3) is 4.57. The van der Waals surface area contributed by atoms with Crippen LogP contribution < -0.4 is 0 Å². The zero-order chi connectivity index (χ0) is 9.52. The van der Waals surface area contributed by atoms with Gasteiger partial charge >= 0.3 is 5.97 Å². The van der Waals surface area contributed by atoms with Gasteiger partial charge in [-0.15, -0.1) is 0 Å². The molecule has 0 saturated carbocycles. The molecule has 5 heteroatoms. The Labute approximate surface area is 80.3 Å². The molecule has 0 fully saturated rings. The van der Waals surface area contributed by atoms with E-state index < -0.39 is 5.97 Å². The second-order valence-corrected chi connectivity index (χ2v) is 3.54. The second kappa shape index (κ2) is 5.64. The van der Waals surface area contributed by atoms with Gasteiger partial charge < -0.3 is 9.52 Å². The lowest BCUT2D eigenvalue weighted by Gasteiger charge is -1.95. The fraction of sp³-hybridized carbons (Fsp3) is 0.500. The number of aliphatic carboxylic acids is 1. The Balaban J connectivity index is 1.99. The minimum absolute atomic E-state index is 0.242. The summed E-state index contributed by atoms with van der Waals surface area (Å²) >= 11 is 1.51. The fourth-order valence-corrected chi connectivity index (χ4v) is 1.60. The molecule has 1 N–H and O–H groups in total. The van der Waals surface area contributed by atoms with E-state index >= 15 is 0 Å². The molecule has 0 amide bonds. The Hall–Kier alpha value is -0.970. The number of oxazole rings is 1. The van der Waals surface area contributed by atoms with Gasteiger partial charge in [0.15, 0.2) is 0 Å². The minimum Gasteiger partial charge on any atom is -0.481 e. The van der Waals surface area contributed by atoms with E-state index in [9.17, 15) is 4.79 Å². The first kappa shape index (κ1) is 10.1. The molecule has 1 aromatic rings. The fourth-order valence-electron chi connectivity index (χ4n) is 0.819. The maximum atomic E-state index is 10.2. The Bertz CT molecular complexity index is 248. The Morgan fingerprint density at radius 2 is 2.46 bits per heavy atom. The van der Waals surface area contributed by atoms with E-state index in [1.807, 2.05) is 0 Å². The van der Waals surface area contributed by atoms with E-state index in [1.54, 1.807) is 6.20 Å². The smallest absolute Gasteiger partial charge is 0.303 e. The number of unbranched alkanes of at least 4 members (excludes halogenated alkanes) is 1. The first-order chi connectivity index (χ1) is 6.29. The summed E-state index contributed by atoms with van der Waals surface area (Å²) in [4.78, 5) is 14.1. The average Bonchev–Trinajstić information content (AvgIpc) is 2.55. The predicted molar refractivity (Wildman–Crippen MR) is 48.7 cm³/mol. The monoisotopic (exact) mass is 201 g/mol. The molecule has 1 rings (SSSR count). The van der Waals surface area contributed by atoms with Crippen LogP contribution in [-0.4, -0.2) is 21.8 Å². The van der Waals surface area contributed by atoms with Crippen LogP contribution in [0, 0.1) is 0 Å². The molecule has 0 radical (unpaired) electrons. The number of carboxylic acid groups (broad SMARTS) is 1. The van der Waals surface area contributed by atoms with E-state index in [2.05, 4.69) is 4.98 Å². The molecular formula is C8H11NO3S. The second-order valence-electron chi connectivity index (χ2n) is 2.50. The molecule has 0 bridgehead atoms. The van der Waals surface area contributed by atoms with Crippen molar-refractivity contribution >= 4 is 17.7 Å². The molecule has 1 aromatic heterocycles. The minimum atomic E-state index is -0.735. The lowest BCUT2D eigenvalue weighted by molar-refractivity contribution is -0.137. The molecule has 0 unspecified atom stereocenters. The molecule has 0 aliphatic heterocycles. The number of hydrogen-bond acceptors (Lipinski definition) is 4. The molecule has 1 heterocycles. The number of rotatable bonds is 6. The summed E-state index contributed by atoms with van der Waals surface area (Å²) in [6.45, 7) is 0. The van der Waals surface area contributed by atoms with E-state index in [-0.39, 0.29) is 6.42 Å². The van der Waals surface area contributed by atoms with Crippen molar-refractivity contribution in [3.63, 3.8) is 0 Å². The van der Waals surface area contributed by atoms with Crippen molar-refractivity contribution in [2.75, 3.05) is 5.75 Å². The molecule has 0 aliphatic rings. The lowest BCUT2D eigenvalue weighted by Crippen LogP contribution is -1.94. The summed E-state index contributed by atoms with van der Waals surface area (Å²) in [5.74, 6) is 0.120. The highest BCUT2D eigenvalue weighted by atomic mass is 32.2. The standard InChI is InChI=1S/C8H11NO3S/c10-7(11)3-1-2-6-13-8-9-4-5-12-8/h4-5H,1-3,6H2,(H,10,11). The van der Waals surface area contributed by atoms with Crippen molar-refractivity contribution in [1.82, 2.24) is 4.98 Å². The van der Waals surface area contributed by atoms with Gasteiger partial charge in [-0.05, 0) is 12.8 Å². The number of nitrogens with zero attached hydrogens (tertiary/aromatic N) is 1. The number of thioether (sulfide) groups is 1. The Morgan fingerprint density at radius 3 is 3.08 bits per heavy atom. The van der Waals surface area contributed by atoms with Crippen LogP contribution in [0.15, 0.2) is 22.1 Å². The summed E-state index contributed by atoms with van der Waals surface area (Å²) in [6, 6.07) is 0. The van der Waals surface area contributed by atoms with E-state index in [4.69, 9.17) is 9.52 Å². The number of carbonyl (C=O) groups is 1. The summed E-state index contributed by atoms with van der Waals surface area (Å²) in [7, 11) is 0. The highest BCUT2D eigenvalue weighted by Gasteiger charge is 1.99. The van der Waals surface area contributed by atoms with Gasteiger partial charge in [-0.3, -0.25) is 4.79 Å². The predicted octanol–water partition coefficient (Wildman–Crippen LogP) is 2.02. The van der Waals surface area contributed by atoms with E-state index in [0.29, 0.717) is 11.6 Å². The van der Waals surface area contributed by atoms with Crippen molar-refractivity contribution < 1.29 is 14.3 Å². The summed E-state index contributed by atoms with van der Waals surface area (Å²) in [5.41, 5.74) is 0. The Morgan fingerprint density at radius 1 is 1.62 bits per heavy atom. The van der Waals surface area contributed by atoms with Crippen molar-refractivity contribution in [3.8, 4) is 0 Å². The summed E-state index contributed by atoms with van der Waals surface area (Å²) < 4.78 is 5.00. The molecule has 0 spiro atoms. The van der Waals surface area contributed by atoms with Crippen LogP contribution >= 0.6 is 11.8 Å². The molecule has 13 heavy (non-hydrogen) atoms. The van der Waals surface area contributed by atoms with Crippen molar-refractivity contribution in [2.24, 2.45) is 0 Å². The molecule has 4 nitrogen and oxygen atoms in total. The number of carboxylic acids is 1. The van der Waals surface area contributed by atoms with Crippen molar-refractivity contribution in [2.45, 2.75) is 24.5 Å². The molecule has 0 aromatic carbocycles. The van der Waals surface area contributed by atoms with Gasteiger partial charge in [0.25, 0.3) is 5.22 Å². The Kier molecular flexibility index (Phi) is 4.39. The van der Waals surface area contributed by atoms with Crippen LogP contribution in [0.4, 0.5) is 0 Å². The van der Waals surface area contributed by atoms with Crippen LogP contribution in [0.2, 0.25) is 0 Å². The van der Waals surface area contributed by atoms with Crippen LogP contribution in [-0.2, 0) is 4.79 Å². The molecule has 0 atom stereocenters. The molecule has 0 aliphatic carbocycles. The quantitative estimate of drug-likeness (QED) is 0.563. The molecule has 0 saturated heterocycles. The van der Waals surface area contributed by atoms with Crippen LogP contribution in [0.25, 0.3) is 0 Å². The highest BCUT2D eigenvalue weighted by molar-refractivity contribution is 7.99. The van der Waals surface area contributed by atoms with Crippen molar-refractivity contribution in [1.29, 1.82) is 0 Å². The lowest BCUT2D eigenvalue weighted by atomic mass is 10.3. The third-order valence-corrected chi connectivity index (χ3v) is 2.36. The van der Waals surface area contributed by atoms with Gasteiger partial charge in [0, 0.05) is 12.2 Å². The van der Waals surface area contributed by atoms with Gasteiger partial charge in [-0.25, -0.2) is 4.98 Å². The van der Waals surface area contributed by atoms with Crippen LogP contribution in [0.5, 0.6) is 0 Å². The van der Waals surface area contributed by atoms with Crippen molar-refractivity contribution in [3.05, 3.63) is 12.5 Å². The molecule has 72 valence electrons. The van der Waals surface area contributed by atoms with Crippen LogP contribution in [0.1, 0.15) is 19.3 Å². The first-order valence-electron chi connectivity index (χ1n) is 4.03. The third-order valence-electron chi connectivity index (χ3n) is 1.42. The number of hydrogen-bond donors (Lipinski definition) is 1. The molecular weight excluding hydrogens is 190 g/mol. The SMILES string of the molecule is O=C(O)CCCCSc1ncco1. The topological polar surface area (TPSA) is 63.3 Å². The van der Waals surface area contributed by atoms with Gasteiger partial charge in [-0.1, -0.05) is 11.8 Å². The largest absolute Gasteiger partial charge is 0.481 e. The average molecular weight is 201 g/mol.